The number of hydrogen-bond donors (Lipinski definition) is 2. The quantitative estimate of drug-likeness (QED) is 0.532. The van der Waals surface area contributed by atoms with Crippen LogP contribution >= 0.6 is 0 Å². The molecule has 2 atom stereocenters. The van der Waals surface area contributed by atoms with E-state index in [0.29, 0.717) is 0 Å². The van der Waals surface area contributed by atoms with Gasteiger partial charge >= 0.3 is 0 Å². The SMILES string of the molecule is CCCC1CCCC(CN)(NCCOC)CC1. The number of ether oxygens (including phenoxy) is 1. The molecular weight excluding hydrogens is 212 g/mol. The Hall–Kier alpha value is -0.120. The second kappa shape index (κ2) is 8.06. The van der Waals surface area contributed by atoms with E-state index in [-0.39, 0.29) is 5.54 Å². The lowest BCUT2D eigenvalue weighted by Crippen LogP contribution is -2.51. The van der Waals surface area contributed by atoms with Crippen LogP contribution in [0, 0.1) is 5.92 Å². The highest BCUT2D eigenvalue weighted by atomic mass is 16.5. The average molecular weight is 242 g/mol. The number of hydrogen-bond acceptors (Lipinski definition) is 3. The summed E-state index contributed by atoms with van der Waals surface area (Å²) in [6, 6.07) is 0. The largest absolute Gasteiger partial charge is 0.383 e. The molecule has 3 N–H and O–H groups in total. The number of rotatable bonds is 7. The van der Waals surface area contributed by atoms with Gasteiger partial charge in [0, 0.05) is 25.7 Å². The van der Waals surface area contributed by atoms with Gasteiger partial charge in [-0.25, -0.2) is 0 Å². The molecule has 0 spiro atoms. The zero-order valence-electron chi connectivity index (χ0n) is 11.6. The maximum atomic E-state index is 6.01. The third-order valence-electron chi connectivity index (χ3n) is 4.19. The second-order valence-corrected chi connectivity index (χ2v) is 5.49. The molecule has 102 valence electrons. The van der Waals surface area contributed by atoms with Crippen molar-refractivity contribution in [3.8, 4) is 0 Å². The van der Waals surface area contributed by atoms with Crippen molar-refractivity contribution in [1.82, 2.24) is 5.32 Å². The molecule has 3 nitrogen and oxygen atoms in total. The lowest BCUT2D eigenvalue weighted by atomic mass is 9.89. The number of nitrogens with two attached hydrogens (primary N) is 1. The third-order valence-corrected chi connectivity index (χ3v) is 4.19. The molecule has 2 unspecified atom stereocenters. The van der Waals surface area contributed by atoms with Crippen molar-refractivity contribution in [2.75, 3.05) is 26.8 Å². The van der Waals surface area contributed by atoms with Gasteiger partial charge in [0.15, 0.2) is 0 Å². The Kier molecular flexibility index (Phi) is 7.09. The van der Waals surface area contributed by atoms with Crippen LogP contribution in [0.1, 0.15) is 51.9 Å². The zero-order chi connectivity index (χ0) is 12.6. The van der Waals surface area contributed by atoms with Crippen molar-refractivity contribution in [3.05, 3.63) is 0 Å². The predicted octanol–water partition coefficient (Wildman–Crippen LogP) is 2.30. The first kappa shape index (κ1) is 14.9. The fourth-order valence-electron chi connectivity index (χ4n) is 3.05. The first-order valence-electron chi connectivity index (χ1n) is 7.20. The Morgan fingerprint density at radius 3 is 2.82 bits per heavy atom. The molecule has 1 rings (SSSR count). The molecule has 0 aromatic carbocycles. The molecule has 17 heavy (non-hydrogen) atoms. The fourth-order valence-corrected chi connectivity index (χ4v) is 3.05. The van der Waals surface area contributed by atoms with Crippen LogP contribution in [0.4, 0.5) is 0 Å². The van der Waals surface area contributed by atoms with Gasteiger partial charge in [-0.05, 0) is 25.2 Å². The van der Waals surface area contributed by atoms with Gasteiger partial charge in [0.1, 0.15) is 0 Å². The molecule has 1 fully saturated rings. The molecule has 0 saturated heterocycles. The highest BCUT2D eigenvalue weighted by molar-refractivity contribution is 4.91. The maximum absolute atomic E-state index is 6.01. The standard InChI is InChI=1S/C14H30N2O/c1-3-5-13-6-4-8-14(12-15,9-7-13)16-10-11-17-2/h13,16H,3-12,15H2,1-2H3. The molecule has 0 amide bonds. The molecule has 1 aliphatic carbocycles. The van der Waals surface area contributed by atoms with Gasteiger partial charge in [-0.3, -0.25) is 0 Å². The molecule has 0 heterocycles. The molecule has 3 heteroatoms. The van der Waals surface area contributed by atoms with Crippen molar-refractivity contribution in [3.63, 3.8) is 0 Å². The minimum atomic E-state index is 0.182. The summed E-state index contributed by atoms with van der Waals surface area (Å²) in [6.45, 7) is 4.75. The third kappa shape index (κ3) is 4.94. The van der Waals surface area contributed by atoms with E-state index in [2.05, 4.69) is 12.2 Å². The van der Waals surface area contributed by atoms with E-state index >= 15 is 0 Å². The van der Waals surface area contributed by atoms with E-state index in [1.165, 1.54) is 44.9 Å². The topological polar surface area (TPSA) is 47.3 Å². The monoisotopic (exact) mass is 242 g/mol. The Labute approximate surface area is 106 Å². The smallest absolute Gasteiger partial charge is 0.0587 e. The predicted molar refractivity (Wildman–Crippen MR) is 73.1 cm³/mol. The Bertz CT molecular complexity index is 199. The highest BCUT2D eigenvalue weighted by Gasteiger charge is 2.30. The van der Waals surface area contributed by atoms with Crippen LogP contribution in [0.3, 0.4) is 0 Å². The van der Waals surface area contributed by atoms with E-state index < -0.39 is 0 Å². The maximum Gasteiger partial charge on any atom is 0.0587 e. The lowest BCUT2D eigenvalue weighted by Gasteiger charge is -2.33. The van der Waals surface area contributed by atoms with E-state index in [0.717, 1.165) is 25.6 Å². The van der Waals surface area contributed by atoms with Crippen molar-refractivity contribution in [1.29, 1.82) is 0 Å². The summed E-state index contributed by atoms with van der Waals surface area (Å²) in [5.41, 5.74) is 6.19. The van der Waals surface area contributed by atoms with Crippen LogP contribution in [-0.2, 0) is 4.74 Å². The van der Waals surface area contributed by atoms with Gasteiger partial charge in [0.25, 0.3) is 0 Å². The van der Waals surface area contributed by atoms with E-state index in [9.17, 15) is 0 Å². The average Bonchev–Trinajstić information content (AvgIpc) is 2.54. The summed E-state index contributed by atoms with van der Waals surface area (Å²) in [5.74, 6) is 0.928. The summed E-state index contributed by atoms with van der Waals surface area (Å²) in [6.07, 6.45) is 9.22. The van der Waals surface area contributed by atoms with Crippen LogP contribution in [0.15, 0.2) is 0 Å². The number of methoxy groups -OCH3 is 1. The summed E-state index contributed by atoms with van der Waals surface area (Å²) in [5, 5.41) is 3.64. The van der Waals surface area contributed by atoms with E-state index in [4.69, 9.17) is 10.5 Å². The molecule has 0 radical (unpaired) electrons. The molecule has 0 aliphatic heterocycles. The van der Waals surface area contributed by atoms with Crippen LogP contribution in [0.25, 0.3) is 0 Å². The Balaban J connectivity index is 2.43. The van der Waals surface area contributed by atoms with Crippen LogP contribution in [0.2, 0.25) is 0 Å². The molecule has 0 aromatic rings. The summed E-state index contributed by atoms with van der Waals surface area (Å²) < 4.78 is 5.11. The van der Waals surface area contributed by atoms with Gasteiger partial charge in [-0.15, -0.1) is 0 Å². The van der Waals surface area contributed by atoms with E-state index in [1.54, 1.807) is 7.11 Å². The second-order valence-electron chi connectivity index (χ2n) is 5.49. The first-order valence-corrected chi connectivity index (χ1v) is 7.20. The summed E-state index contributed by atoms with van der Waals surface area (Å²) >= 11 is 0. The Morgan fingerprint density at radius 1 is 1.35 bits per heavy atom. The van der Waals surface area contributed by atoms with Gasteiger partial charge in [0.2, 0.25) is 0 Å². The minimum Gasteiger partial charge on any atom is -0.383 e. The normalized spacial score (nSPS) is 30.2. The molecule has 1 saturated carbocycles. The van der Waals surface area contributed by atoms with Crippen LogP contribution in [0.5, 0.6) is 0 Å². The summed E-state index contributed by atoms with van der Waals surface area (Å²) in [4.78, 5) is 0. The molecule has 1 aliphatic rings. The van der Waals surface area contributed by atoms with Crippen molar-refractivity contribution >= 4 is 0 Å². The minimum absolute atomic E-state index is 0.182. The molecule has 0 aromatic heterocycles. The Morgan fingerprint density at radius 2 is 2.18 bits per heavy atom. The lowest BCUT2D eigenvalue weighted by molar-refractivity contribution is 0.179. The zero-order valence-corrected chi connectivity index (χ0v) is 11.6. The first-order chi connectivity index (χ1) is 8.26. The molecular formula is C14H30N2O. The summed E-state index contributed by atoms with van der Waals surface area (Å²) in [7, 11) is 1.75. The molecule has 0 bridgehead atoms. The van der Waals surface area contributed by atoms with Gasteiger partial charge < -0.3 is 15.8 Å². The van der Waals surface area contributed by atoms with Crippen molar-refractivity contribution < 1.29 is 4.74 Å². The van der Waals surface area contributed by atoms with Gasteiger partial charge in [-0.1, -0.05) is 32.6 Å². The van der Waals surface area contributed by atoms with Gasteiger partial charge in [0.05, 0.1) is 6.61 Å². The van der Waals surface area contributed by atoms with E-state index in [1.807, 2.05) is 0 Å². The van der Waals surface area contributed by atoms with Crippen molar-refractivity contribution in [2.24, 2.45) is 11.7 Å². The highest BCUT2D eigenvalue weighted by Crippen LogP contribution is 2.32. The van der Waals surface area contributed by atoms with Crippen LogP contribution in [-0.4, -0.2) is 32.3 Å². The van der Waals surface area contributed by atoms with Crippen molar-refractivity contribution in [2.45, 2.75) is 57.4 Å². The fraction of sp³-hybridized carbons (Fsp3) is 1.00. The van der Waals surface area contributed by atoms with Crippen LogP contribution < -0.4 is 11.1 Å². The number of nitrogens with one attached hydrogen (secondary N) is 1. The van der Waals surface area contributed by atoms with Gasteiger partial charge in [-0.2, -0.15) is 0 Å².